The lowest BCUT2D eigenvalue weighted by molar-refractivity contribution is 0.190. The van der Waals surface area contributed by atoms with E-state index < -0.39 is 6.09 Å². The highest BCUT2D eigenvalue weighted by molar-refractivity contribution is 6.30. The van der Waals surface area contributed by atoms with Crippen LogP contribution in [0.15, 0.2) is 79.1 Å². The fourth-order valence-electron chi connectivity index (χ4n) is 4.33. The minimum absolute atomic E-state index is 0.0877. The monoisotopic (exact) mass is 460 g/mol. The summed E-state index contributed by atoms with van der Waals surface area (Å²) in [6.07, 6.45) is 4.92. The van der Waals surface area contributed by atoms with Gasteiger partial charge in [0.15, 0.2) is 0 Å². The number of hydrogen-bond donors (Lipinski definition) is 1. The molecule has 0 aliphatic carbocycles. The maximum atomic E-state index is 12.8. The van der Waals surface area contributed by atoms with E-state index in [1.807, 2.05) is 71.3 Å². The van der Waals surface area contributed by atoms with E-state index in [4.69, 9.17) is 16.3 Å². The predicted octanol–water partition coefficient (Wildman–Crippen LogP) is 5.50. The van der Waals surface area contributed by atoms with Crippen LogP contribution < -0.4 is 15.0 Å². The molecule has 5 rings (SSSR count). The Labute approximate surface area is 197 Å². The van der Waals surface area contributed by atoms with Gasteiger partial charge >= 0.3 is 6.09 Å². The first-order valence-electron chi connectivity index (χ1n) is 11.1. The number of para-hydroxylation sites is 1. The molecule has 7 heteroatoms. The van der Waals surface area contributed by atoms with Crippen molar-refractivity contribution in [2.75, 3.05) is 18.0 Å². The number of aromatic nitrogens is 2. The van der Waals surface area contributed by atoms with Gasteiger partial charge in [0.1, 0.15) is 0 Å². The van der Waals surface area contributed by atoms with Crippen LogP contribution in [0, 0.1) is 0 Å². The molecule has 1 amide bonds. The zero-order chi connectivity index (χ0) is 22.6. The number of hydrogen-bond acceptors (Lipinski definition) is 4. The average molecular weight is 461 g/mol. The molecule has 0 unspecified atom stereocenters. The first kappa shape index (κ1) is 21.3. The Kier molecular flexibility index (Phi) is 6.17. The molecule has 0 spiro atoms. The van der Waals surface area contributed by atoms with Crippen molar-refractivity contribution in [3.63, 3.8) is 0 Å². The number of pyridine rings is 1. The number of ether oxygens (including phenoxy) is 1. The number of nitrogens with one attached hydrogen (secondary N) is 1. The molecule has 1 aliphatic heterocycles. The molecule has 0 saturated carbocycles. The Morgan fingerprint density at radius 1 is 1.03 bits per heavy atom. The van der Waals surface area contributed by atoms with Gasteiger partial charge in [-0.3, -0.25) is 4.98 Å². The van der Waals surface area contributed by atoms with E-state index in [9.17, 15) is 4.79 Å². The van der Waals surface area contributed by atoms with Gasteiger partial charge in [0.25, 0.3) is 0 Å². The Morgan fingerprint density at radius 3 is 2.52 bits per heavy atom. The van der Waals surface area contributed by atoms with Crippen LogP contribution in [0.5, 0.6) is 5.88 Å². The van der Waals surface area contributed by atoms with E-state index in [-0.39, 0.29) is 6.04 Å². The predicted molar refractivity (Wildman–Crippen MR) is 131 cm³/mol. The number of anilines is 1. The van der Waals surface area contributed by atoms with Crippen LogP contribution in [0.4, 0.5) is 10.5 Å². The standard InChI is InChI=1S/C26H25ClN4O2/c27-21-7-5-19(6-8-21)18-31-24-4-2-1-3-20(24)17-25(31)33-26(32)29-22-11-15-30(16-12-22)23-9-13-28-14-10-23/h1-10,13-14,17,22H,11-12,15-16,18H2,(H,29,32). The van der Waals surface area contributed by atoms with Gasteiger partial charge in [-0.05, 0) is 48.7 Å². The maximum absolute atomic E-state index is 12.8. The zero-order valence-corrected chi connectivity index (χ0v) is 18.9. The fraction of sp³-hybridized carbons (Fsp3) is 0.231. The first-order valence-corrected chi connectivity index (χ1v) is 11.5. The number of amides is 1. The second kappa shape index (κ2) is 9.55. The molecule has 168 valence electrons. The third-order valence-corrected chi connectivity index (χ3v) is 6.32. The molecule has 0 atom stereocenters. The molecular formula is C26H25ClN4O2. The molecule has 4 aromatic rings. The summed E-state index contributed by atoms with van der Waals surface area (Å²) >= 11 is 6.03. The van der Waals surface area contributed by atoms with Gasteiger partial charge in [-0.15, -0.1) is 0 Å². The van der Waals surface area contributed by atoms with Gasteiger partial charge in [-0.2, -0.15) is 0 Å². The lowest BCUT2D eigenvalue weighted by Gasteiger charge is -2.33. The van der Waals surface area contributed by atoms with Crippen molar-refractivity contribution in [1.82, 2.24) is 14.9 Å². The van der Waals surface area contributed by atoms with Gasteiger partial charge in [0, 0.05) is 53.7 Å². The molecule has 6 nitrogen and oxygen atoms in total. The Balaban J connectivity index is 1.26. The van der Waals surface area contributed by atoms with E-state index >= 15 is 0 Å². The van der Waals surface area contributed by atoms with Crippen molar-refractivity contribution in [3.8, 4) is 5.88 Å². The topological polar surface area (TPSA) is 59.4 Å². The summed E-state index contributed by atoms with van der Waals surface area (Å²) in [5.41, 5.74) is 3.26. The van der Waals surface area contributed by atoms with E-state index in [2.05, 4.69) is 15.2 Å². The maximum Gasteiger partial charge on any atom is 0.414 e. The number of rotatable bonds is 5. The molecule has 3 heterocycles. The molecule has 2 aromatic heterocycles. The van der Waals surface area contributed by atoms with Crippen molar-refractivity contribution in [2.24, 2.45) is 0 Å². The second-order valence-electron chi connectivity index (χ2n) is 8.25. The van der Waals surface area contributed by atoms with Gasteiger partial charge in [0.05, 0.1) is 12.1 Å². The van der Waals surface area contributed by atoms with E-state index in [0.29, 0.717) is 17.4 Å². The van der Waals surface area contributed by atoms with Crippen molar-refractivity contribution >= 4 is 34.3 Å². The molecular weight excluding hydrogens is 436 g/mol. The summed E-state index contributed by atoms with van der Waals surface area (Å²) in [5, 5.41) is 4.78. The van der Waals surface area contributed by atoms with Crippen LogP contribution in [-0.2, 0) is 6.54 Å². The summed E-state index contributed by atoms with van der Waals surface area (Å²) < 4.78 is 7.82. The Bertz CT molecular complexity index is 1230. The van der Waals surface area contributed by atoms with Crippen LogP contribution in [0.2, 0.25) is 5.02 Å². The number of carbonyl (C=O) groups excluding carboxylic acids is 1. The van der Waals surface area contributed by atoms with Gasteiger partial charge in [-0.25, -0.2) is 4.79 Å². The summed E-state index contributed by atoms with van der Waals surface area (Å²) in [5.74, 6) is 0.526. The van der Waals surface area contributed by atoms with Crippen LogP contribution >= 0.6 is 11.6 Å². The third-order valence-electron chi connectivity index (χ3n) is 6.07. The lowest BCUT2D eigenvalue weighted by atomic mass is 10.0. The highest BCUT2D eigenvalue weighted by Gasteiger charge is 2.22. The van der Waals surface area contributed by atoms with Crippen molar-refractivity contribution < 1.29 is 9.53 Å². The SMILES string of the molecule is O=C(NC1CCN(c2ccncc2)CC1)Oc1cc2ccccc2n1Cc1ccc(Cl)cc1. The quantitative estimate of drug-likeness (QED) is 0.427. The van der Waals surface area contributed by atoms with Gasteiger partial charge in [-0.1, -0.05) is 41.9 Å². The van der Waals surface area contributed by atoms with Crippen LogP contribution in [0.3, 0.4) is 0 Å². The molecule has 1 fully saturated rings. The lowest BCUT2D eigenvalue weighted by Crippen LogP contribution is -2.45. The van der Waals surface area contributed by atoms with Crippen molar-refractivity contribution in [3.05, 3.63) is 89.7 Å². The van der Waals surface area contributed by atoms with E-state index in [1.165, 1.54) is 0 Å². The van der Waals surface area contributed by atoms with Gasteiger partial charge in [0.2, 0.25) is 5.88 Å². The van der Waals surface area contributed by atoms with E-state index in [1.54, 1.807) is 12.4 Å². The average Bonchev–Trinajstić information content (AvgIpc) is 3.18. The minimum Gasteiger partial charge on any atom is -0.393 e. The first-order chi connectivity index (χ1) is 16.2. The summed E-state index contributed by atoms with van der Waals surface area (Å²) in [4.78, 5) is 19.2. The Hall–Kier alpha value is -3.51. The number of nitrogens with zero attached hydrogens (tertiary/aromatic N) is 3. The highest BCUT2D eigenvalue weighted by atomic mass is 35.5. The molecule has 1 saturated heterocycles. The third kappa shape index (κ3) is 4.96. The summed E-state index contributed by atoms with van der Waals surface area (Å²) in [7, 11) is 0. The Morgan fingerprint density at radius 2 is 1.76 bits per heavy atom. The summed E-state index contributed by atoms with van der Waals surface area (Å²) in [6, 6.07) is 21.8. The molecule has 1 N–H and O–H groups in total. The largest absolute Gasteiger partial charge is 0.414 e. The smallest absolute Gasteiger partial charge is 0.393 e. The van der Waals surface area contributed by atoms with E-state index in [0.717, 1.165) is 48.1 Å². The molecule has 33 heavy (non-hydrogen) atoms. The normalized spacial score (nSPS) is 14.4. The van der Waals surface area contributed by atoms with Crippen LogP contribution in [0.1, 0.15) is 18.4 Å². The molecule has 2 aromatic carbocycles. The summed E-state index contributed by atoms with van der Waals surface area (Å²) in [6.45, 7) is 2.34. The number of halogens is 1. The number of benzene rings is 2. The second-order valence-corrected chi connectivity index (χ2v) is 8.69. The highest BCUT2D eigenvalue weighted by Crippen LogP contribution is 2.27. The number of carbonyl (C=O) groups is 1. The molecule has 0 radical (unpaired) electrons. The molecule has 1 aliphatic rings. The molecule has 0 bridgehead atoms. The minimum atomic E-state index is -0.419. The van der Waals surface area contributed by atoms with Crippen LogP contribution in [-0.4, -0.2) is 34.8 Å². The van der Waals surface area contributed by atoms with Gasteiger partial charge < -0.3 is 19.5 Å². The number of piperidine rings is 1. The zero-order valence-electron chi connectivity index (χ0n) is 18.2. The fourth-order valence-corrected chi connectivity index (χ4v) is 4.46. The van der Waals surface area contributed by atoms with Crippen molar-refractivity contribution in [2.45, 2.75) is 25.4 Å². The van der Waals surface area contributed by atoms with Crippen LogP contribution in [0.25, 0.3) is 10.9 Å². The van der Waals surface area contributed by atoms with Crippen molar-refractivity contribution in [1.29, 1.82) is 0 Å². The number of fused-ring (bicyclic) bond motifs is 1.